The summed E-state index contributed by atoms with van der Waals surface area (Å²) in [5.74, 6) is 0.701. The van der Waals surface area contributed by atoms with Crippen molar-refractivity contribution in [2.45, 2.75) is 12.5 Å². The van der Waals surface area contributed by atoms with Crippen molar-refractivity contribution in [1.82, 2.24) is 34.7 Å². The monoisotopic (exact) mass is 374 g/mol. The highest BCUT2D eigenvalue weighted by molar-refractivity contribution is 5.95. The van der Waals surface area contributed by atoms with Gasteiger partial charge in [0.05, 0.1) is 5.69 Å². The van der Waals surface area contributed by atoms with Crippen molar-refractivity contribution in [2.24, 2.45) is 0 Å². The molecule has 0 spiro atoms. The van der Waals surface area contributed by atoms with Crippen LogP contribution in [0.2, 0.25) is 0 Å². The number of carbonyl (C=O) groups excluding carboxylic acids is 1. The molecule has 3 aromatic heterocycles. The number of rotatable bonds is 4. The maximum absolute atomic E-state index is 12.7. The van der Waals surface area contributed by atoms with E-state index in [0.717, 1.165) is 30.1 Å². The summed E-state index contributed by atoms with van der Waals surface area (Å²) in [5.41, 5.74) is 2.19. The largest absolute Gasteiger partial charge is 0.351 e. The normalized spacial score (nSPS) is 16.6. The van der Waals surface area contributed by atoms with Crippen LogP contribution in [-0.2, 0) is 0 Å². The lowest BCUT2D eigenvalue weighted by atomic mass is 10.1. The fourth-order valence-electron chi connectivity index (χ4n) is 3.52. The van der Waals surface area contributed by atoms with Crippen LogP contribution in [0.1, 0.15) is 16.8 Å². The van der Waals surface area contributed by atoms with Gasteiger partial charge in [-0.05, 0) is 30.7 Å². The molecule has 140 valence electrons. The molecular formula is C19H18N8O. The van der Waals surface area contributed by atoms with Gasteiger partial charge in [0.2, 0.25) is 5.65 Å². The predicted octanol–water partition coefficient (Wildman–Crippen LogP) is 1.32. The first-order valence-electron chi connectivity index (χ1n) is 9.08. The van der Waals surface area contributed by atoms with Crippen LogP contribution < -0.4 is 10.2 Å². The maximum atomic E-state index is 12.7. The molecule has 1 fully saturated rings. The van der Waals surface area contributed by atoms with Crippen molar-refractivity contribution >= 4 is 17.4 Å². The number of amides is 1. The van der Waals surface area contributed by atoms with E-state index in [9.17, 15) is 4.79 Å². The summed E-state index contributed by atoms with van der Waals surface area (Å²) in [6.07, 6.45) is 9.62. The van der Waals surface area contributed by atoms with Gasteiger partial charge in [-0.2, -0.15) is 5.10 Å². The fraction of sp³-hybridized carbons (Fsp3) is 0.211. The Bertz CT molecular complexity index is 1120. The Morgan fingerprint density at radius 1 is 1.18 bits per heavy atom. The van der Waals surface area contributed by atoms with Gasteiger partial charge in [-0.1, -0.05) is 6.07 Å². The first kappa shape index (κ1) is 16.4. The molecule has 28 heavy (non-hydrogen) atoms. The second-order valence-electron chi connectivity index (χ2n) is 6.72. The van der Waals surface area contributed by atoms with Crippen molar-refractivity contribution in [1.29, 1.82) is 0 Å². The van der Waals surface area contributed by atoms with E-state index >= 15 is 0 Å². The van der Waals surface area contributed by atoms with Crippen molar-refractivity contribution in [3.63, 3.8) is 0 Å². The Labute approximate surface area is 160 Å². The maximum Gasteiger partial charge on any atom is 0.251 e. The van der Waals surface area contributed by atoms with Crippen LogP contribution in [0, 0.1) is 0 Å². The van der Waals surface area contributed by atoms with E-state index in [0.29, 0.717) is 12.1 Å². The number of hydrogen-bond acceptors (Lipinski definition) is 6. The van der Waals surface area contributed by atoms with Crippen molar-refractivity contribution in [3.8, 4) is 5.69 Å². The Balaban J connectivity index is 1.29. The molecule has 1 aliphatic rings. The number of nitrogens with zero attached hydrogens (tertiary/aromatic N) is 7. The fourth-order valence-corrected chi connectivity index (χ4v) is 3.52. The summed E-state index contributed by atoms with van der Waals surface area (Å²) in [4.78, 5) is 19.3. The average Bonchev–Trinajstić information content (AvgIpc) is 3.48. The molecule has 1 aliphatic heterocycles. The van der Waals surface area contributed by atoms with Gasteiger partial charge in [0.15, 0.2) is 5.82 Å². The molecule has 4 aromatic rings. The smallest absolute Gasteiger partial charge is 0.251 e. The zero-order valence-corrected chi connectivity index (χ0v) is 15.0. The molecule has 1 amide bonds. The minimum absolute atomic E-state index is 0.0471. The Kier molecular flexibility index (Phi) is 3.97. The van der Waals surface area contributed by atoms with Gasteiger partial charge >= 0.3 is 0 Å². The van der Waals surface area contributed by atoms with Gasteiger partial charge in [-0.15, -0.1) is 10.2 Å². The molecule has 0 radical (unpaired) electrons. The highest BCUT2D eigenvalue weighted by Gasteiger charge is 2.27. The number of hydrogen-bond donors (Lipinski definition) is 1. The number of carbonyl (C=O) groups is 1. The van der Waals surface area contributed by atoms with Crippen LogP contribution in [0.3, 0.4) is 0 Å². The molecule has 1 unspecified atom stereocenters. The van der Waals surface area contributed by atoms with Gasteiger partial charge < -0.3 is 10.2 Å². The first-order chi connectivity index (χ1) is 13.8. The molecule has 0 bridgehead atoms. The van der Waals surface area contributed by atoms with Gasteiger partial charge in [0, 0.05) is 49.5 Å². The van der Waals surface area contributed by atoms with Gasteiger partial charge in [0.1, 0.15) is 6.33 Å². The lowest BCUT2D eigenvalue weighted by Gasteiger charge is -2.18. The van der Waals surface area contributed by atoms with Crippen LogP contribution in [0.4, 0.5) is 5.82 Å². The molecular weight excluding hydrogens is 356 g/mol. The highest BCUT2D eigenvalue weighted by Crippen LogP contribution is 2.21. The number of benzene rings is 1. The molecule has 5 rings (SSSR count). The molecule has 1 aromatic carbocycles. The highest BCUT2D eigenvalue weighted by atomic mass is 16.1. The van der Waals surface area contributed by atoms with Crippen molar-refractivity contribution < 1.29 is 4.79 Å². The first-order valence-corrected chi connectivity index (χ1v) is 9.08. The van der Waals surface area contributed by atoms with Crippen LogP contribution in [0.15, 0.2) is 61.4 Å². The van der Waals surface area contributed by atoms with E-state index in [1.165, 1.54) is 0 Å². The average molecular weight is 374 g/mol. The molecule has 9 nitrogen and oxygen atoms in total. The second-order valence-corrected chi connectivity index (χ2v) is 6.72. The Hall–Kier alpha value is -3.75. The minimum Gasteiger partial charge on any atom is -0.351 e. The summed E-state index contributed by atoms with van der Waals surface area (Å²) in [5, 5.41) is 15.4. The SMILES string of the molecule is O=C(NC1CCN(c2nccn3cnnc23)C1)c1cccc(-n2cccn2)c1. The molecule has 0 saturated carbocycles. The van der Waals surface area contributed by atoms with E-state index in [-0.39, 0.29) is 11.9 Å². The summed E-state index contributed by atoms with van der Waals surface area (Å²) >= 11 is 0. The zero-order valence-electron chi connectivity index (χ0n) is 15.0. The lowest BCUT2D eigenvalue weighted by molar-refractivity contribution is 0.0940. The molecule has 1 atom stereocenters. The summed E-state index contributed by atoms with van der Waals surface area (Å²) in [6.45, 7) is 1.49. The molecule has 1 N–H and O–H groups in total. The standard InChI is InChI=1S/C19H18N8O/c28-19(14-3-1-4-16(11-14)27-8-2-6-22-27)23-15-5-9-25(12-15)17-18-24-21-13-26(18)10-7-20-17/h1-4,6-8,10-11,13,15H,5,9,12H2,(H,23,28). The van der Waals surface area contributed by atoms with Gasteiger partial charge in [-0.25, -0.2) is 9.67 Å². The van der Waals surface area contributed by atoms with Crippen molar-refractivity contribution in [2.75, 3.05) is 18.0 Å². The molecule has 4 heterocycles. The summed E-state index contributed by atoms with van der Waals surface area (Å²) < 4.78 is 3.58. The minimum atomic E-state index is -0.0884. The van der Waals surface area contributed by atoms with E-state index in [1.807, 2.05) is 47.1 Å². The van der Waals surface area contributed by atoms with E-state index < -0.39 is 0 Å². The number of nitrogens with one attached hydrogen (secondary N) is 1. The number of aromatic nitrogens is 6. The van der Waals surface area contributed by atoms with Crippen LogP contribution in [0.25, 0.3) is 11.3 Å². The van der Waals surface area contributed by atoms with Gasteiger partial charge in [-0.3, -0.25) is 9.20 Å². The zero-order chi connectivity index (χ0) is 18.9. The van der Waals surface area contributed by atoms with Crippen LogP contribution in [-0.4, -0.2) is 54.4 Å². The van der Waals surface area contributed by atoms with E-state index in [1.54, 1.807) is 23.4 Å². The Morgan fingerprint density at radius 2 is 2.14 bits per heavy atom. The number of anilines is 1. The number of fused-ring (bicyclic) bond motifs is 1. The van der Waals surface area contributed by atoms with E-state index in [4.69, 9.17) is 0 Å². The van der Waals surface area contributed by atoms with Crippen LogP contribution >= 0.6 is 0 Å². The molecule has 0 aliphatic carbocycles. The van der Waals surface area contributed by atoms with Crippen LogP contribution in [0.5, 0.6) is 0 Å². The summed E-state index contributed by atoms with van der Waals surface area (Å²) in [7, 11) is 0. The predicted molar refractivity (Wildman–Crippen MR) is 102 cm³/mol. The Morgan fingerprint density at radius 3 is 3.04 bits per heavy atom. The van der Waals surface area contributed by atoms with E-state index in [2.05, 4.69) is 30.5 Å². The third kappa shape index (κ3) is 2.96. The molecule has 1 saturated heterocycles. The third-order valence-electron chi connectivity index (χ3n) is 4.90. The second kappa shape index (κ2) is 6.76. The third-order valence-corrected chi connectivity index (χ3v) is 4.90. The summed E-state index contributed by atoms with van der Waals surface area (Å²) in [6, 6.07) is 9.34. The molecule has 9 heteroatoms. The quantitative estimate of drug-likeness (QED) is 0.579. The topological polar surface area (TPSA) is 93.2 Å². The van der Waals surface area contributed by atoms with Gasteiger partial charge in [0.25, 0.3) is 5.91 Å². The van der Waals surface area contributed by atoms with Crippen molar-refractivity contribution in [3.05, 3.63) is 67.0 Å². The lowest BCUT2D eigenvalue weighted by Crippen LogP contribution is -2.37.